The van der Waals surface area contributed by atoms with Gasteiger partial charge in [0.15, 0.2) is 11.5 Å². The highest BCUT2D eigenvalue weighted by Crippen LogP contribution is 2.23. The Balaban J connectivity index is 2.30. The van der Waals surface area contributed by atoms with Gasteiger partial charge >= 0.3 is 5.97 Å². The number of rotatable bonds is 3. The first-order chi connectivity index (χ1) is 8.08. The van der Waals surface area contributed by atoms with Crippen LogP contribution in [0.2, 0.25) is 0 Å². The molecular weight excluding hydrogens is 225 g/mol. The fourth-order valence-corrected chi connectivity index (χ4v) is 1.42. The van der Waals surface area contributed by atoms with Crippen LogP contribution in [0, 0.1) is 0 Å². The molecule has 1 unspecified atom stereocenters. The highest BCUT2D eigenvalue weighted by Gasteiger charge is 2.12. The third-order valence-electron chi connectivity index (χ3n) is 2.38. The Morgan fingerprint density at radius 2 is 2.06 bits per heavy atom. The van der Waals surface area contributed by atoms with Gasteiger partial charge in [0, 0.05) is 11.6 Å². The number of aromatic carboxylic acids is 1. The van der Waals surface area contributed by atoms with Crippen LogP contribution in [-0.4, -0.2) is 16.2 Å². The molecule has 0 aliphatic heterocycles. The van der Waals surface area contributed by atoms with E-state index < -0.39 is 12.1 Å². The standard InChI is InChI=1S/C12H10FNO3/c1-7(13)8-2-4-9(5-3-8)11-6-10(12(15)16)14-17-11/h2-7H,1H3,(H,15,16). The zero-order chi connectivity index (χ0) is 12.4. The van der Waals surface area contributed by atoms with E-state index in [2.05, 4.69) is 5.16 Å². The summed E-state index contributed by atoms with van der Waals surface area (Å²) >= 11 is 0. The maximum absolute atomic E-state index is 13.0. The Morgan fingerprint density at radius 1 is 1.41 bits per heavy atom. The Hall–Kier alpha value is -2.17. The van der Waals surface area contributed by atoms with Gasteiger partial charge in [-0.3, -0.25) is 0 Å². The van der Waals surface area contributed by atoms with Gasteiger partial charge in [-0.05, 0) is 12.5 Å². The van der Waals surface area contributed by atoms with Crippen LogP contribution in [0.4, 0.5) is 4.39 Å². The largest absolute Gasteiger partial charge is 0.476 e. The van der Waals surface area contributed by atoms with Gasteiger partial charge < -0.3 is 9.63 Å². The van der Waals surface area contributed by atoms with Crippen LogP contribution in [0.3, 0.4) is 0 Å². The second kappa shape index (κ2) is 4.37. The summed E-state index contributed by atoms with van der Waals surface area (Å²) < 4.78 is 17.9. The van der Waals surface area contributed by atoms with E-state index in [1.807, 2.05) is 0 Å². The fraction of sp³-hybridized carbons (Fsp3) is 0.167. The molecule has 17 heavy (non-hydrogen) atoms. The van der Waals surface area contributed by atoms with Gasteiger partial charge in [0.25, 0.3) is 0 Å². The minimum absolute atomic E-state index is 0.150. The Kier molecular flexibility index (Phi) is 2.91. The van der Waals surface area contributed by atoms with Crippen LogP contribution < -0.4 is 0 Å². The van der Waals surface area contributed by atoms with E-state index in [4.69, 9.17) is 9.63 Å². The molecule has 0 spiro atoms. The van der Waals surface area contributed by atoms with Crippen molar-refractivity contribution in [3.63, 3.8) is 0 Å². The van der Waals surface area contributed by atoms with Crippen molar-refractivity contribution < 1.29 is 18.8 Å². The molecule has 2 aromatic rings. The number of aromatic nitrogens is 1. The number of nitrogens with zero attached hydrogens (tertiary/aromatic N) is 1. The molecule has 4 nitrogen and oxygen atoms in total. The van der Waals surface area contributed by atoms with E-state index in [9.17, 15) is 9.18 Å². The number of carboxylic acids is 1. The molecule has 1 aromatic carbocycles. The minimum atomic E-state index is -1.14. The topological polar surface area (TPSA) is 63.3 Å². The van der Waals surface area contributed by atoms with Crippen molar-refractivity contribution in [2.45, 2.75) is 13.1 Å². The highest BCUT2D eigenvalue weighted by molar-refractivity contribution is 5.86. The lowest BCUT2D eigenvalue weighted by Gasteiger charge is -2.02. The molecule has 0 aliphatic carbocycles. The molecule has 0 saturated carbocycles. The Bertz CT molecular complexity index is 531. The van der Waals surface area contributed by atoms with Crippen molar-refractivity contribution in [2.75, 3.05) is 0 Å². The summed E-state index contributed by atoms with van der Waals surface area (Å²) in [6.45, 7) is 1.45. The monoisotopic (exact) mass is 235 g/mol. The summed E-state index contributed by atoms with van der Waals surface area (Å²) in [5.41, 5.74) is 1.07. The second-order valence-electron chi connectivity index (χ2n) is 3.62. The average molecular weight is 235 g/mol. The van der Waals surface area contributed by atoms with Crippen LogP contribution in [-0.2, 0) is 0 Å². The van der Waals surface area contributed by atoms with E-state index in [1.54, 1.807) is 24.3 Å². The van der Waals surface area contributed by atoms with E-state index >= 15 is 0 Å². The zero-order valence-electron chi connectivity index (χ0n) is 9.05. The summed E-state index contributed by atoms with van der Waals surface area (Å²) in [5, 5.41) is 12.1. The first-order valence-corrected chi connectivity index (χ1v) is 5.02. The molecule has 0 fully saturated rings. The normalized spacial score (nSPS) is 12.4. The number of benzene rings is 1. The molecule has 2 rings (SSSR count). The zero-order valence-corrected chi connectivity index (χ0v) is 9.05. The van der Waals surface area contributed by atoms with Crippen LogP contribution in [0.15, 0.2) is 34.9 Å². The van der Waals surface area contributed by atoms with Gasteiger partial charge in [-0.2, -0.15) is 0 Å². The SMILES string of the molecule is CC(F)c1ccc(-c2cc(C(=O)O)no2)cc1. The summed E-state index contributed by atoms with van der Waals surface area (Å²) in [5.74, 6) is -0.797. The molecule has 0 bridgehead atoms. The number of hydrogen-bond donors (Lipinski definition) is 1. The third kappa shape index (κ3) is 2.33. The number of alkyl halides is 1. The van der Waals surface area contributed by atoms with Gasteiger partial charge in [-0.15, -0.1) is 0 Å². The molecule has 0 amide bonds. The maximum Gasteiger partial charge on any atom is 0.358 e. The number of carbonyl (C=O) groups is 1. The van der Waals surface area contributed by atoms with E-state index in [1.165, 1.54) is 13.0 Å². The van der Waals surface area contributed by atoms with Crippen molar-refractivity contribution in [3.8, 4) is 11.3 Å². The van der Waals surface area contributed by atoms with Crippen LogP contribution >= 0.6 is 0 Å². The molecule has 0 saturated heterocycles. The number of carboxylic acid groups (broad SMARTS) is 1. The lowest BCUT2D eigenvalue weighted by Crippen LogP contribution is -1.94. The molecule has 1 N–H and O–H groups in total. The summed E-state index contributed by atoms with van der Waals surface area (Å²) in [6.07, 6.45) is -1.03. The number of halogens is 1. The first kappa shape index (κ1) is 11.3. The molecule has 0 radical (unpaired) electrons. The van der Waals surface area contributed by atoms with Crippen LogP contribution in [0.5, 0.6) is 0 Å². The second-order valence-corrected chi connectivity index (χ2v) is 3.62. The predicted molar refractivity (Wildman–Crippen MR) is 58.4 cm³/mol. The summed E-state index contributed by atoms with van der Waals surface area (Å²) in [4.78, 5) is 10.6. The average Bonchev–Trinajstić information content (AvgIpc) is 2.78. The van der Waals surface area contributed by atoms with E-state index in [0.29, 0.717) is 16.9 Å². The van der Waals surface area contributed by atoms with E-state index in [-0.39, 0.29) is 5.69 Å². The molecule has 5 heteroatoms. The van der Waals surface area contributed by atoms with Crippen molar-refractivity contribution in [1.82, 2.24) is 5.16 Å². The predicted octanol–water partition coefficient (Wildman–Crippen LogP) is 3.07. The first-order valence-electron chi connectivity index (χ1n) is 5.02. The Labute approximate surface area is 96.7 Å². The summed E-state index contributed by atoms with van der Waals surface area (Å²) in [6, 6.07) is 7.91. The highest BCUT2D eigenvalue weighted by atomic mass is 19.1. The van der Waals surface area contributed by atoms with Gasteiger partial charge in [0.05, 0.1) is 0 Å². The van der Waals surface area contributed by atoms with Crippen molar-refractivity contribution in [1.29, 1.82) is 0 Å². The summed E-state index contributed by atoms with van der Waals surface area (Å²) in [7, 11) is 0. The minimum Gasteiger partial charge on any atom is -0.476 e. The van der Waals surface area contributed by atoms with E-state index in [0.717, 1.165) is 0 Å². The smallest absolute Gasteiger partial charge is 0.358 e. The molecule has 1 aromatic heterocycles. The molecule has 1 heterocycles. The fourth-order valence-electron chi connectivity index (χ4n) is 1.42. The molecule has 1 atom stereocenters. The number of hydrogen-bond acceptors (Lipinski definition) is 3. The van der Waals surface area contributed by atoms with Gasteiger partial charge in [-0.25, -0.2) is 9.18 Å². The molecular formula is C12H10FNO3. The van der Waals surface area contributed by atoms with Crippen molar-refractivity contribution in [2.24, 2.45) is 0 Å². The van der Waals surface area contributed by atoms with Crippen LogP contribution in [0.1, 0.15) is 29.1 Å². The van der Waals surface area contributed by atoms with Crippen LogP contribution in [0.25, 0.3) is 11.3 Å². The Morgan fingerprint density at radius 3 is 2.53 bits per heavy atom. The van der Waals surface area contributed by atoms with Crippen molar-refractivity contribution in [3.05, 3.63) is 41.6 Å². The lowest BCUT2D eigenvalue weighted by atomic mass is 10.1. The van der Waals surface area contributed by atoms with Crippen molar-refractivity contribution >= 4 is 5.97 Å². The van der Waals surface area contributed by atoms with Gasteiger partial charge in [0.1, 0.15) is 6.17 Å². The van der Waals surface area contributed by atoms with Gasteiger partial charge in [0.2, 0.25) is 0 Å². The maximum atomic E-state index is 13.0. The molecule has 0 aliphatic rings. The quantitative estimate of drug-likeness (QED) is 0.887. The molecule has 88 valence electrons. The third-order valence-corrected chi connectivity index (χ3v) is 2.38. The van der Waals surface area contributed by atoms with Gasteiger partial charge in [-0.1, -0.05) is 29.4 Å². The lowest BCUT2D eigenvalue weighted by molar-refractivity contribution is 0.0686.